The smallest absolute Gasteiger partial charge is 0.0537 e. The maximum absolute atomic E-state index is 9.83. The molecule has 0 bridgehead atoms. The highest BCUT2D eigenvalue weighted by Crippen LogP contribution is 2.32. The summed E-state index contributed by atoms with van der Waals surface area (Å²) >= 11 is 0. The van der Waals surface area contributed by atoms with Gasteiger partial charge in [0, 0.05) is 18.0 Å². The SMILES string of the molecule is CCCN(CC(C)(CO)c1ccccc1)C1CC1. The zero-order valence-corrected chi connectivity index (χ0v) is 11.6. The van der Waals surface area contributed by atoms with Crippen molar-refractivity contribution in [3.63, 3.8) is 0 Å². The minimum Gasteiger partial charge on any atom is -0.395 e. The second-order valence-electron chi connectivity index (χ2n) is 5.79. The van der Waals surface area contributed by atoms with E-state index in [1.165, 1.54) is 24.8 Å². The van der Waals surface area contributed by atoms with E-state index in [-0.39, 0.29) is 12.0 Å². The van der Waals surface area contributed by atoms with Gasteiger partial charge in [-0.25, -0.2) is 0 Å². The Morgan fingerprint density at radius 3 is 2.44 bits per heavy atom. The molecule has 1 aliphatic rings. The van der Waals surface area contributed by atoms with Crippen molar-refractivity contribution in [2.24, 2.45) is 0 Å². The van der Waals surface area contributed by atoms with Crippen molar-refractivity contribution < 1.29 is 5.11 Å². The van der Waals surface area contributed by atoms with Gasteiger partial charge in [0.15, 0.2) is 0 Å². The summed E-state index contributed by atoms with van der Waals surface area (Å²) in [4.78, 5) is 2.56. The topological polar surface area (TPSA) is 23.5 Å². The molecule has 2 heteroatoms. The summed E-state index contributed by atoms with van der Waals surface area (Å²) in [6, 6.07) is 11.2. The fourth-order valence-corrected chi connectivity index (χ4v) is 2.64. The van der Waals surface area contributed by atoms with Crippen LogP contribution in [0.4, 0.5) is 0 Å². The maximum atomic E-state index is 9.83. The zero-order chi connectivity index (χ0) is 13.0. The first-order valence-electron chi connectivity index (χ1n) is 7.10. The van der Waals surface area contributed by atoms with Crippen LogP contribution in [-0.4, -0.2) is 35.7 Å². The van der Waals surface area contributed by atoms with E-state index < -0.39 is 0 Å². The Morgan fingerprint density at radius 2 is 1.94 bits per heavy atom. The van der Waals surface area contributed by atoms with Crippen LogP contribution in [0.5, 0.6) is 0 Å². The quantitative estimate of drug-likeness (QED) is 0.801. The lowest BCUT2D eigenvalue weighted by Crippen LogP contribution is -2.42. The van der Waals surface area contributed by atoms with E-state index in [9.17, 15) is 5.11 Å². The van der Waals surface area contributed by atoms with Crippen LogP contribution in [0, 0.1) is 0 Å². The molecule has 0 saturated heterocycles. The first-order valence-corrected chi connectivity index (χ1v) is 7.10. The van der Waals surface area contributed by atoms with Gasteiger partial charge in [-0.2, -0.15) is 0 Å². The van der Waals surface area contributed by atoms with Crippen LogP contribution < -0.4 is 0 Å². The van der Waals surface area contributed by atoms with Crippen molar-refractivity contribution in [3.8, 4) is 0 Å². The summed E-state index contributed by atoms with van der Waals surface area (Å²) in [7, 11) is 0. The maximum Gasteiger partial charge on any atom is 0.0537 e. The molecule has 0 heterocycles. The number of aliphatic hydroxyl groups excluding tert-OH is 1. The molecule has 1 aromatic carbocycles. The molecule has 1 unspecified atom stereocenters. The largest absolute Gasteiger partial charge is 0.395 e. The van der Waals surface area contributed by atoms with Gasteiger partial charge in [0.25, 0.3) is 0 Å². The number of hydrogen-bond acceptors (Lipinski definition) is 2. The van der Waals surface area contributed by atoms with Gasteiger partial charge in [0.1, 0.15) is 0 Å². The third-order valence-corrected chi connectivity index (χ3v) is 3.95. The van der Waals surface area contributed by atoms with Crippen LogP contribution in [0.3, 0.4) is 0 Å². The van der Waals surface area contributed by atoms with Crippen molar-refractivity contribution in [2.45, 2.75) is 44.6 Å². The van der Waals surface area contributed by atoms with Gasteiger partial charge in [-0.1, -0.05) is 44.2 Å². The molecule has 0 aromatic heterocycles. The molecule has 1 atom stereocenters. The van der Waals surface area contributed by atoms with Crippen molar-refractivity contribution in [2.75, 3.05) is 19.7 Å². The van der Waals surface area contributed by atoms with E-state index in [4.69, 9.17) is 0 Å². The highest BCUT2D eigenvalue weighted by molar-refractivity contribution is 5.25. The van der Waals surface area contributed by atoms with Crippen LogP contribution >= 0.6 is 0 Å². The minimum absolute atomic E-state index is 0.140. The molecule has 1 saturated carbocycles. The van der Waals surface area contributed by atoms with Gasteiger partial charge >= 0.3 is 0 Å². The Balaban J connectivity index is 2.11. The van der Waals surface area contributed by atoms with E-state index in [1.54, 1.807) is 0 Å². The number of rotatable bonds is 7. The molecule has 0 radical (unpaired) electrons. The van der Waals surface area contributed by atoms with Crippen LogP contribution in [0.25, 0.3) is 0 Å². The Hall–Kier alpha value is -0.860. The minimum atomic E-state index is -0.140. The molecule has 0 aliphatic heterocycles. The normalized spacial score (nSPS) is 18.9. The van der Waals surface area contributed by atoms with Crippen molar-refractivity contribution in [3.05, 3.63) is 35.9 Å². The summed E-state index contributed by atoms with van der Waals surface area (Å²) < 4.78 is 0. The molecule has 1 N–H and O–H groups in total. The predicted molar refractivity (Wildman–Crippen MR) is 75.8 cm³/mol. The van der Waals surface area contributed by atoms with E-state index in [0.717, 1.165) is 19.1 Å². The number of nitrogens with zero attached hydrogens (tertiary/aromatic N) is 1. The second kappa shape index (κ2) is 5.85. The molecular weight excluding hydrogens is 222 g/mol. The summed E-state index contributed by atoms with van der Waals surface area (Å²) in [5.74, 6) is 0. The van der Waals surface area contributed by atoms with E-state index in [2.05, 4.69) is 43.0 Å². The first kappa shape index (κ1) is 13.6. The van der Waals surface area contributed by atoms with Crippen molar-refractivity contribution >= 4 is 0 Å². The highest BCUT2D eigenvalue weighted by atomic mass is 16.3. The molecule has 100 valence electrons. The van der Waals surface area contributed by atoms with Crippen molar-refractivity contribution in [1.82, 2.24) is 4.90 Å². The predicted octanol–water partition coefficient (Wildman–Crippen LogP) is 2.81. The molecule has 1 aliphatic carbocycles. The first-order chi connectivity index (χ1) is 8.69. The Bertz CT molecular complexity index is 361. The van der Waals surface area contributed by atoms with E-state index in [0.29, 0.717) is 0 Å². The third-order valence-electron chi connectivity index (χ3n) is 3.95. The van der Waals surface area contributed by atoms with Crippen LogP contribution in [0.2, 0.25) is 0 Å². The average Bonchev–Trinajstić information content (AvgIpc) is 3.23. The monoisotopic (exact) mass is 247 g/mol. The van der Waals surface area contributed by atoms with Crippen LogP contribution in [0.1, 0.15) is 38.7 Å². The van der Waals surface area contributed by atoms with Crippen LogP contribution in [0.15, 0.2) is 30.3 Å². The molecule has 2 rings (SSSR count). The van der Waals surface area contributed by atoms with Crippen molar-refractivity contribution in [1.29, 1.82) is 0 Å². The summed E-state index contributed by atoms with van der Waals surface area (Å²) in [5.41, 5.74) is 1.10. The molecule has 0 spiro atoms. The lowest BCUT2D eigenvalue weighted by atomic mass is 9.82. The lowest BCUT2D eigenvalue weighted by Gasteiger charge is -2.34. The fourth-order valence-electron chi connectivity index (χ4n) is 2.64. The molecule has 0 amide bonds. The number of benzene rings is 1. The molecule has 1 aromatic rings. The van der Waals surface area contributed by atoms with E-state index >= 15 is 0 Å². The van der Waals surface area contributed by atoms with Gasteiger partial charge in [-0.15, -0.1) is 0 Å². The Kier molecular flexibility index (Phi) is 4.41. The Labute approximate surface area is 111 Å². The van der Waals surface area contributed by atoms with Gasteiger partial charge in [0.2, 0.25) is 0 Å². The summed E-state index contributed by atoms with van der Waals surface area (Å²) in [6.45, 7) is 6.73. The summed E-state index contributed by atoms with van der Waals surface area (Å²) in [5, 5.41) is 9.83. The third kappa shape index (κ3) is 3.12. The average molecular weight is 247 g/mol. The molecule has 18 heavy (non-hydrogen) atoms. The van der Waals surface area contributed by atoms with Gasteiger partial charge in [-0.3, -0.25) is 4.90 Å². The second-order valence-corrected chi connectivity index (χ2v) is 5.79. The standard InChI is InChI=1S/C16H25NO/c1-3-11-17(15-9-10-15)12-16(2,13-18)14-7-5-4-6-8-14/h4-8,15,18H,3,9-13H2,1-2H3. The highest BCUT2D eigenvalue weighted by Gasteiger charge is 2.35. The van der Waals surface area contributed by atoms with Gasteiger partial charge in [-0.05, 0) is 31.4 Å². The lowest BCUT2D eigenvalue weighted by molar-refractivity contribution is 0.139. The number of hydrogen-bond donors (Lipinski definition) is 1. The molecule has 1 fully saturated rings. The summed E-state index contributed by atoms with van der Waals surface area (Å²) in [6.07, 6.45) is 3.85. The Morgan fingerprint density at radius 1 is 1.28 bits per heavy atom. The zero-order valence-electron chi connectivity index (χ0n) is 11.6. The van der Waals surface area contributed by atoms with Gasteiger partial charge < -0.3 is 5.11 Å². The van der Waals surface area contributed by atoms with Crippen LogP contribution in [-0.2, 0) is 5.41 Å². The number of aliphatic hydroxyl groups is 1. The molecular formula is C16H25NO. The van der Waals surface area contributed by atoms with Gasteiger partial charge in [0.05, 0.1) is 6.61 Å². The molecule has 2 nitrogen and oxygen atoms in total. The fraction of sp³-hybridized carbons (Fsp3) is 0.625. The van der Waals surface area contributed by atoms with E-state index in [1.807, 2.05) is 6.07 Å².